The van der Waals surface area contributed by atoms with E-state index in [1.807, 2.05) is 12.1 Å². The van der Waals surface area contributed by atoms with E-state index in [0.29, 0.717) is 17.7 Å². The fraction of sp³-hybridized carbons (Fsp3) is 0.250. The number of rotatable bonds is 3. The highest BCUT2D eigenvalue weighted by Crippen LogP contribution is 2.21. The fourth-order valence-corrected chi connectivity index (χ4v) is 1.63. The third-order valence-electron chi connectivity index (χ3n) is 2.24. The van der Waals surface area contributed by atoms with Crippen LogP contribution in [0.3, 0.4) is 0 Å². The Kier molecular flexibility index (Phi) is 4.68. The number of nitrogens with one attached hydrogen (secondary N) is 1. The molecule has 0 saturated carbocycles. The first-order valence-electron chi connectivity index (χ1n) is 5.02. The van der Waals surface area contributed by atoms with E-state index in [9.17, 15) is 4.79 Å². The average molecular weight is 292 g/mol. The molecule has 0 aliphatic carbocycles. The summed E-state index contributed by atoms with van der Waals surface area (Å²) in [6.07, 6.45) is 0.443. The summed E-state index contributed by atoms with van der Waals surface area (Å²) in [5.74, 6) is -1.08. The highest BCUT2D eigenvalue weighted by molar-refractivity contribution is 9.10. The van der Waals surface area contributed by atoms with Gasteiger partial charge < -0.3 is 5.32 Å². The Morgan fingerprint density at radius 1 is 1.53 bits per heavy atom. The molecule has 4 nitrogen and oxygen atoms in total. The molecule has 1 unspecified atom stereocenters. The van der Waals surface area contributed by atoms with Crippen LogP contribution in [0, 0.1) is 28.6 Å². The molecule has 5 heteroatoms. The standard InChI is InChI=1S/C12H10BrN3O/c1-2-8(6-14)12(17)16-11-5-10(13)4-3-9(11)7-15/h3-5,8H,2H2,1H3,(H,16,17). The van der Waals surface area contributed by atoms with Crippen LogP contribution in [-0.2, 0) is 4.79 Å². The van der Waals surface area contributed by atoms with Gasteiger partial charge in [0.15, 0.2) is 0 Å². The number of amides is 1. The van der Waals surface area contributed by atoms with Gasteiger partial charge in [-0.1, -0.05) is 22.9 Å². The molecule has 1 aromatic carbocycles. The largest absolute Gasteiger partial charge is 0.324 e. The molecule has 1 rings (SSSR count). The van der Waals surface area contributed by atoms with E-state index >= 15 is 0 Å². The van der Waals surface area contributed by atoms with Gasteiger partial charge in [-0.25, -0.2) is 0 Å². The maximum absolute atomic E-state index is 11.7. The number of benzene rings is 1. The summed E-state index contributed by atoms with van der Waals surface area (Å²) in [4.78, 5) is 11.7. The first kappa shape index (κ1) is 13.2. The number of carbonyl (C=O) groups is 1. The van der Waals surface area contributed by atoms with Crippen molar-refractivity contribution in [1.82, 2.24) is 0 Å². The number of nitriles is 2. The van der Waals surface area contributed by atoms with Crippen LogP contribution in [-0.4, -0.2) is 5.91 Å². The third-order valence-corrected chi connectivity index (χ3v) is 2.73. The van der Waals surface area contributed by atoms with Crippen molar-refractivity contribution < 1.29 is 4.79 Å². The van der Waals surface area contributed by atoms with Gasteiger partial charge in [-0.05, 0) is 24.6 Å². The molecule has 17 heavy (non-hydrogen) atoms. The number of carbonyl (C=O) groups excluding carboxylic acids is 1. The second-order valence-corrected chi connectivity index (χ2v) is 4.30. The normalized spacial score (nSPS) is 11.1. The molecule has 0 radical (unpaired) electrons. The molecule has 0 bridgehead atoms. The first-order chi connectivity index (χ1) is 8.12. The van der Waals surface area contributed by atoms with Crippen LogP contribution in [0.25, 0.3) is 0 Å². The van der Waals surface area contributed by atoms with Crippen LogP contribution in [0.5, 0.6) is 0 Å². The van der Waals surface area contributed by atoms with Crippen molar-refractivity contribution in [3.05, 3.63) is 28.2 Å². The summed E-state index contributed by atoms with van der Waals surface area (Å²) in [7, 11) is 0. The molecule has 1 aromatic rings. The summed E-state index contributed by atoms with van der Waals surface area (Å²) < 4.78 is 0.761. The zero-order valence-electron chi connectivity index (χ0n) is 9.20. The van der Waals surface area contributed by atoms with Crippen LogP contribution in [0.1, 0.15) is 18.9 Å². The topological polar surface area (TPSA) is 76.7 Å². The minimum Gasteiger partial charge on any atom is -0.324 e. The van der Waals surface area contributed by atoms with Gasteiger partial charge in [-0.3, -0.25) is 4.79 Å². The smallest absolute Gasteiger partial charge is 0.241 e. The Labute approximate surface area is 108 Å². The molecular formula is C12H10BrN3O. The van der Waals surface area contributed by atoms with Crippen LogP contribution < -0.4 is 5.32 Å². The van der Waals surface area contributed by atoms with Crippen molar-refractivity contribution >= 4 is 27.5 Å². The summed E-state index contributed by atoms with van der Waals surface area (Å²) >= 11 is 3.26. The Morgan fingerprint density at radius 3 is 2.76 bits per heavy atom. The molecular weight excluding hydrogens is 282 g/mol. The number of halogens is 1. The van der Waals surface area contributed by atoms with Crippen LogP contribution in [0.15, 0.2) is 22.7 Å². The van der Waals surface area contributed by atoms with Crippen molar-refractivity contribution in [1.29, 1.82) is 10.5 Å². The molecule has 1 atom stereocenters. The zero-order valence-corrected chi connectivity index (χ0v) is 10.8. The van der Waals surface area contributed by atoms with E-state index in [1.165, 1.54) is 0 Å². The molecule has 0 spiro atoms. The second-order valence-electron chi connectivity index (χ2n) is 3.38. The lowest BCUT2D eigenvalue weighted by atomic mass is 10.1. The van der Waals surface area contributed by atoms with Gasteiger partial charge in [0, 0.05) is 4.47 Å². The van der Waals surface area contributed by atoms with Crippen molar-refractivity contribution in [2.45, 2.75) is 13.3 Å². The average Bonchev–Trinajstić information content (AvgIpc) is 2.31. The number of nitrogens with zero attached hydrogens (tertiary/aromatic N) is 2. The Hall–Kier alpha value is -1.85. The predicted molar refractivity (Wildman–Crippen MR) is 66.9 cm³/mol. The minimum absolute atomic E-state index is 0.370. The molecule has 0 aliphatic rings. The van der Waals surface area contributed by atoms with Crippen molar-refractivity contribution in [2.75, 3.05) is 5.32 Å². The Balaban J connectivity index is 2.96. The van der Waals surface area contributed by atoms with E-state index in [0.717, 1.165) is 4.47 Å². The predicted octanol–water partition coefficient (Wildman–Crippen LogP) is 2.81. The molecule has 86 valence electrons. The van der Waals surface area contributed by atoms with Crippen molar-refractivity contribution in [3.63, 3.8) is 0 Å². The Bertz CT molecular complexity index is 513. The van der Waals surface area contributed by atoms with Gasteiger partial charge >= 0.3 is 0 Å². The Morgan fingerprint density at radius 2 is 2.24 bits per heavy atom. The monoisotopic (exact) mass is 291 g/mol. The lowest BCUT2D eigenvalue weighted by Crippen LogP contribution is -2.21. The van der Waals surface area contributed by atoms with E-state index in [4.69, 9.17) is 10.5 Å². The van der Waals surface area contributed by atoms with Gasteiger partial charge in [-0.2, -0.15) is 10.5 Å². The minimum atomic E-state index is -0.694. The maximum Gasteiger partial charge on any atom is 0.241 e. The van der Waals surface area contributed by atoms with Gasteiger partial charge in [0.25, 0.3) is 0 Å². The van der Waals surface area contributed by atoms with Gasteiger partial charge in [-0.15, -0.1) is 0 Å². The van der Waals surface area contributed by atoms with Crippen molar-refractivity contribution in [2.24, 2.45) is 5.92 Å². The molecule has 1 N–H and O–H groups in total. The third kappa shape index (κ3) is 3.30. The van der Waals surface area contributed by atoms with E-state index < -0.39 is 5.92 Å². The highest BCUT2D eigenvalue weighted by atomic mass is 79.9. The molecule has 1 amide bonds. The number of hydrogen-bond acceptors (Lipinski definition) is 3. The summed E-state index contributed by atoms with van der Waals surface area (Å²) in [5, 5.41) is 20.3. The molecule has 0 heterocycles. The quantitative estimate of drug-likeness (QED) is 0.930. The second kappa shape index (κ2) is 6.03. The van der Waals surface area contributed by atoms with Gasteiger partial charge in [0.1, 0.15) is 12.0 Å². The molecule has 0 saturated heterocycles. The lowest BCUT2D eigenvalue weighted by Gasteiger charge is -2.09. The summed E-state index contributed by atoms with van der Waals surface area (Å²) in [5.41, 5.74) is 0.787. The highest BCUT2D eigenvalue weighted by Gasteiger charge is 2.16. The van der Waals surface area contributed by atoms with Crippen LogP contribution >= 0.6 is 15.9 Å². The van der Waals surface area contributed by atoms with Gasteiger partial charge in [0.2, 0.25) is 5.91 Å². The first-order valence-corrected chi connectivity index (χ1v) is 5.81. The zero-order chi connectivity index (χ0) is 12.8. The van der Waals surface area contributed by atoms with Crippen molar-refractivity contribution in [3.8, 4) is 12.1 Å². The molecule has 0 aliphatic heterocycles. The molecule has 0 fully saturated rings. The van der Waals surface area contributed by atoms with Crippen LogP contribution in [0.2, 0.25) is 0 Å². The SMILES string of the molecule is CCC(C#N)C(=O)Nc1cc(Br)ccc1C#N. The van der Waals surface area contributed by atoms with E-state index in [1.54, 1.807) is 25.1 Å². The lowest BCUT2D eigenvalue weighted by molar-refractivity contribution is -0.118. The van der Waals surface area contributed by atoms with Gasteiger partial charge in [0.05, 0.1) is 17.3 Å². The fourth-order valence-electron chi connectivity index (χ4n) is 1.27. The summed E-state index contributed by atoms with van der Waals surface area (Å²) in [6.45, 7) is 1.76. The molecule has 0 aromatic heterocycles. The number of anilines is 1. The maximum atomic E-state index is 11.7. The number of hydrogen-bond donors (Lipinski definition) is 1. The van der Waals surface area contributed by atoms with E-state index in [2.05, 4.69) is 21.2 Å². The van der Waals surface area contributed by atoms with Crippen LogP contribution in [0.4, 0.5) is 5.69 Å². The van der Waals surface area contributed by atoms with E-state index in [-0.39, 0.29) is 5.91 Å². The summed E-state index contributed by atoms with van der Waals surface area (Å²) in [6, 6.07) is 8.86.